The molecule has 8 nitrogen and oxygen atoms in total. The number of aromatic nitrogens is 3. The fourth-order valence-electron chi connectivity index (χ4n) is 3.41. The Morgan fingerprint density at radius 3 is 2.12 bits per heavy atom. The molecule has 0 aliphatic rings. The standard InChI is InChI=1S/C23H19N3O5S/c27-21(28)16-25-22(17-9-3-1-4-10-17)24-26(23(25)29)15-18-11-7-8-14-20(18)32(30,31)19-12-5-2-6-13-19/h1-14H,15-16H2,(H,27,28). The Balaban J connectivity index is 1.81. The average molecular weight is 449 g/mol. The third-order valence-electron chi connectivity index (χ3n) is 4.88. The van der Waals surface area contributed by atoms with Crippen LogP contribution in [0.3, 0.4) is 0 Å². The number of hydrogen-bond donors (Lipinski definition) is 1. The smallest absolute Gasteiger partial charge is 0.347 e. The number of nitrogens with zero attached hydrogens (tertiary/aromatic N) is 3. The fourth-order valence-corrected chi connectivity index (χ4v) is 4.91. The van der Waals surface area contributed by atoms with Gasteiger partial charge in [0.25, 0.3) is 0 Å². The molecule has 162 valence electrons. The Morgan fingerprint density at radius 2 is 1.47 bits per heavy atom. The van der Waals surface area contributed by atoms with Gasteiger partial charge in [-0.3, -0.25) is 9.36 Å². The van der Waals surface area contributed by atoms with E-state index in [4.69, 9.17) is 0 Å². The molecule has 0 radical (unpaired) electrons. The Kier molecular flexibility index (Phi) is 5.74. The molecule has 0 atom stereocenters. The van der Waals surface area contributed by atoms with Gasteiger partial charge in [-0.1, -0.05) is 66.7 Å². The van der Waals surface area contributed by atoms with Crippen LogP contribution in [0.4, 0.5) is 0 Å². The zero-order valence-corrected chi connectivity index (χ0v) is 17.6. The average Bonchev–Trinajstić information content (AvgIpc) is 3.10. The van der Waals surface area contributed by atoms with Crippen molar-refractivity contribution in [2.45, 2.75) is 22.9 Å². The van der Waals surface area contributed by atoms with Crippen LogP contribution in [0.2, 0.25) is 0 Å². The molecule has 9 heteroatoms. The minimum atomic E-state index is -3.82. The maximum Gasteiger partial charge on any atom is 0.347 e. The number of sulfone groups is 1. The number of carbonyl (C=O) groups is 1. The first kappa shape index (κ1) is 21.3. The lowest BCUT2D eigenvalue weighted by molar-refractivity contribution is -0.137. The third-order valence-corrected chi connectivity index (χ3v) is 6.75. The Bertz CT molecular complexity index is 1430. The second-order valence-electron chi connectivity index (χ2n) is 7.03. The number of carboxylic acids is 1. The van der Waals surface area contributed by atoms with Gasteiger partial charge >= 0.3 is 11.7 Å². The van der Waals surface area contributed by atoms with Gasteiger partial charge in [-0.2, -0.15) is 0 Å². The molecule has 3 aromatic carbocycles. The van der Waals surface area contributed by atoms with Crippen molar-refractivity contribution in [1.29, 1.82) is 0 Å². The Morgan fingerprint density at radius 1 is 0.875 bits per heavy atom. The molecule has 4 aromatic rings. The fraction of sp³-hybridized carbons (Fsp3) is 0.0870. The summed E-state index contributed by atoms with van der Waals surface area (Å²) in [5, 5.41) is 13.6. The van der Waals surface area contributed by atoms with Crippen molar-refractivity contribution in [3.8, 4) is 11.4 Å². The van der Waals surface area contributed by atoms with Crippen molar-refractivity contribution < 1.29 is 18.3 Å². The van der Waals surface area contributed by atoms with Crippen LogP contribution in [0.15, 0.2) is 99.5 Å². The van der Waals surface area contributed by atoms with Gasteiger partial charge in [-0.15, -0.1) is 5.10 Å². The summed E-state index contributed by atoms with van der Waals surface area (Å²) in [6.45, 7) is -0.694. The first-order chi connectivity index (χ1) is 15.4. The number of benzene rings is 3. The number of rotatable bonds is 7. The van der Waals surface area contributed by atoms with E-state index in [-0.39, 0.29) is 22.2 Å². The van der Waals surface area contributed by atoms with E-state index in [1.54, 1.807) is 66.7 Å². The normalized spacial score (nSPS) is 11.4. The van der Waals surface area contributed by atoms with Crippen molar-refractivity contribution in [2.24, 2.45) is 0 Å². The van der Waals surface area contributed by atoms with Crippen LogP contribution in [-0.2, 0) is 27.7 Å². The van der Waals surface area contributed by atoms with E-state index in [1.165, 1.54) is 18.2 Å². The first-order valence-electron chi connectivity index (χ1n) is 9.71. The predicted octanol–water partition coefficient (Wildman–Crippen LogP) is 2.68. The lowest BCUT2D eigenvalue weighted by Crippen LogP contribution is -2.28. The van der Waals surface area contributed by atoms with E-state index in [2.05, 4.69) is 5.10 Å². The lowest BCUT2D eigenvalue weighted by Gasteiger charge is -2.10. The van der Waals surface area contributed by atoms with E-state index in [0.29, 0.717) is 11.1 Å². The molecule has 0 fully saturated rings. The van der Waals surface area contributed by atoms with Gasteiger partial charge in [0.15, 0.2) is 5.82 Å². The van der Waals surface area contributed by atoms with E-state index in [1.807, 2.05) is 0 Å². The van der Waals surface area contributed by atoms with Gasteiger partial charge in [0.1, 0.15) is 6.54 Å². The molecule has 1 N–H and O–H groups in total. The molecule has 1 heterocycles. The van der Waals surface area contributed by atoms with Gasteiger partial charge in [-0.05, 0) is 23.8 Å². The number of carboxylic acid groups (broad SMARTS) is 1. The maximum atomic E-state index is 13.2. The van der Waals surface area contributed by atoms with Gasteiger partial charge in [-0.25, -0.2) is 17.9 Å². The van der Waals surface area contributed by atoms with E-state index in [0.717, 1.165) is 9.25 Å². The summed E-state index contributed by atoms with van der Waals surface area (Å²) in [7, 11) is -3.82. The zero-order chi connectivity index (χ0) is 22.7. The molecule has 1 aromatic heterocycles. The molecule has 0 aliphatic carbocycles. The maximum absolute atomic E-state index is 13.2. The van der Waals surface area contributed by atoms with Crippen LogP contribution in [0, 0.1) is 0 Å². The van der Waals surface area contributed by atoms with Gasteiger partial charge in [0.05, 0.1) is 16.3 Å². The van der Waals surface area contributed by atoms with E-state index >= 15 is 0 Å². The van der Waals surface area contributed by atoms with Crippen LogP contribution in [0.5, 0.6) is 0 Å². The highest BCUT2D eigenvalue weighted by Crippen LogP contribution is 2.24. The highest BCUT2D eigenvalue weighted by atomic mass is 32.2. The summed E-state index contributed by atoms with van der Waals surface area (Å²) in [6.07, 6.45) is 0. The molecule has 0 saturated carbocycles. The second-order valence-corrected chi connectivity index (χ2v) is 8.95. The summed E-state index contributed by atoms with van der Waals surface area (Å²) in [5.74, 6) is -0.989. The molecule has 0 amide bonds. The van der Waals surface area contributed by atoms with Crippen molar-refractivity contribution in [1.82, 2.24) is 14.3 Å². The van der Waals surface area contributed by atoms with Crippen LogP contribution >= 0.6 is 0 Å². The van der Waals surface area contributed by atoms with Crippen molar-refractivity contribution >= 4 is 15.8 Å². The third kappa shape index (κ3) is 4.10. The van der Waals surface area contributed by atoms with Gasteiger partial charge < -0.3 is 5.11 Å². The van der Waals surface area contributed by atoms with E-state index in [9.17, 15) is 23.1 Å². The Labute approximate surface area is 183 Å². The summed E-state index contributed by atoms with van der Waals surface area (Å²) in [6, 6.07) is 23.1. The summed E-state index contributed by atoms with van der Waals surface area (Å²) in [4.78, 5) is 24.5. The van der Waals surface area contributed by atoms with Crippen molar-refractivity contribution in [3.63, 3.8) is 0 Å². The lowest BCUT2D eigenvalue weighted by atomic mass is 10.2. The molecule has 0 bridgehead atoms. The first-order valence-corrected chi connectivity index (χ1v) is 11.2. The van der Waals surface area contributed by atoms with Crippen molar-refractivity contribution in [3.05, 3.63) is 101 Å². The molecule has 0 unspecified atom stereocenters. The monoisotopic (exact) mass is 449 g/mol. The topological polar surface area (TPSA) is 111 Å². The van der Waals surface area contributed by atoms with Gasteiger partial charge in [0, 0.05) is 5.56 Å². The van der Waals surface area contributed by atoms with Crippen LogP contribution in [-0.4, -0.2) is 33.8 Å². The zero-order valence-electron chi connectivity index (χ0n) is 16.8. The van der Waals surface area contributed by atoms with Crippen molar-refractivity contribution in [2.75, 3.05) is 0 Å². The van der Waals surface area contributed by atoms with Crippen LogP contribution < -0.4 is 5.69 Å². The quantitative estimate of drug-likeness (QED) is 0.464. The minimum Gasteiger partial charge on any atom is -0.480 e. The molecular formula is C23H19N3O5S. The summed E-state index contributed by atoms with van der Waals surface area (Å²) >= 11 is 0. The molecule has 0 saturated heterocycles. The van der Waals surface area contributed by atoms with E-state index < -0.39 is 28.0 Å². The molecular weight excluding hydrogens is 430 g/mol. The Hall–Kier alpha value is -3.98. The largest absolute Gasteiger partial charge is 0.480 e. The van der Waals surface area contributed by atoms with Crippen LogP contribution in [0.25, 0.3) is 11.4 Å². The second kappa shape index (κ2) is 8.64. The van der Waals surface area contributed by atoms with Gasteiger partial charge in [0.2, 0.25) is 9.84 Å². The summed E-state index contributed by atoms with van der Waals surface area (Å²) in [5.41, 5.74) is 0.311. The number of hydrogen-bond acceptors (Lipinski definition) is 5. The SMILES string of the molecule is O=C(O)Cn1c(-c2ccccc2)nn(Cc2ccccc2S(=O)(=O)c2ccccc2)c1=O. The van der Waals surface area contributed by atoms with Crippen LogP contribution in [0.1, 0.15) is 5.56 Å². The highest BCUT2D eigenvalue weighted by molar-refractivity contribution is 7.91. The number of aliphatic carboxylic acids is 1. The molecule has 0 aliphatic heterocycles. The molecule has 4 rings (SSSR count). The summed E-state index contributed by atoms with van der Waals surface area (Å²) < 4.78 is 28.5. The highest BCUT2D eigenvalue weighted by Gasteiger charge is 2.23. The predicted molar refractivity (Wildman–Crippen MR) is 117 cm³/mol. The molecule has 32 heavy (non-hydrogen) atoms. The minimum absolute atomic E-state index is 0.0622. The molecule has 0 spiro atoms.